The van der Waals surface area contributed by atoms with Gasteiger partial charge in [-0.15, -0.1) is 0 Å². The molecule has 1 nitrogen and oxygen atoms in total. The molecular weight excluding hydrogens is 352 g/mol. The molecule has 1 saturated carbocycles. The van der Waals surface area contributed by atoms with Crippen LogP contribution in [0.1, 0.15) is 147 Å². The smallest absolute Gasteiger partial charge is 0.138 e. The quantitative estimate of drug-likeness (QED) is 0.387. The van der Waals surface area contributed by atoms with Crippen LogP contribution in [0, 0.1) is 29.6 Å². The van der Waals surface area contributed by atoms with Crippen molar-refractivity contribution < 1.29 is 4.79 Å². The number of rotatable bonds is 8. The molecule has 0 radical (unpaired) electrons. The highest BCUT2D eigenvalue weighted by atomic mass is 16.1. The first-order valence-electron chi connectivity index (χ1n) is 13.2. The second-order valence-electron chi connectivity index (χ2n) is 9.80. The second-order valence-corrected chi connectivity index (χ2v) is 9.80. The average molecular weight is 413 g/mol. The van der Waals surface area contributed by atoms with Gasteiger partial charge in [-0.1, -0.05) is 134 Å². The second kappa shape index (κ2) is 23.9. The Balaban J connectivity index is -0.000000358. The molecule has 0 aromatic carbocycles. The molecule has 29 heavy (non-hydrogen) atoms. The number of hydrogen-bond donors (Lipinski definition) is 0. The van der Waals surface area contributed by atoms with Crippen LogP contribution in [0.15, 0.2) is 0 Å². The zero-order valence-electron chi connectivity index (χ0n) is 22.6. The van der Waals surface area contributed by atoms with Gasteiger partial charge >= 0.3 is 0 Å². The van der Waals surface area contributed by atoms with Crippen molar-refractivity contribution in [2.24, 2.45) is 29.6 Å². The first kappa shape index (κ1) is 33.3. The largest absolute Gasteiger partial charge is 0.299 e. The van der Waals surface area contributed by atoms with Crippen LogP contribution in [-0.4, -0.2) is 5.78 Å². The highest BCUT2D eigenvalue weighted by molar-refractivity contribution is 5.82. The summed E-state index contributed by atoms with van der Waals surface area (Å²) in [6, 6.07) is 0. The van der Waals surface area contributed by atoms with E-state index in [0.717, 1.165) is 30.6 Å². The predicted molar refractivity (Wildman–Crippen MR) is 136 cm³/mol. The van der Waals surface area contributed by atoms with Crippen LogP contribution in [0.25, 0.3) is 0 Å². The maximum atomic E-state index is 11.6. The zero-order valence-corrected chi connectivity index (χ0v) is 22.6. The molecule has 0 saturated heterocycles. The van der Waals surface area contributed by atoms with Crippen molar-refractivity contribution in [2.75, 3.05) is 0 Å². The molecule has 0 aromatic rings. The van der Waals surface area contributed by atoms with Gasteiger partial charge in [-0.05, 0) is 30.6 Å². The third-order valence-electron chi connectivity index (χ3n) is 5.75. The topological polar surface area (TPSA) is 17.1 Å². The van der Waals surface area contributed by atoms with Crippen molar-refractivity contribution in [3.05, 3.63) is 0 Å². The van der Waals surface area contributed by atoms with Crippen LogP contribution < -0.4 is 0 Å². The summed E-state index contributed by atoms with van der Waals surface area (Å²) in [6.45, 7) is 24.2. The monoisotopic (exact) mass is 412 g/mol. The lowest BCUT2D eigenvalue weighted by atomic mass is 9.78. The molecule has 1 aliphatic carbocycles. The number of carbonyl (C=O) groups is 1. The number of hydrogen-bond acceptors (Lipinski definition) is 1. The fourth-order valence-corrected chi connectivity index (χ4v) is 3.57. The van der Waals surface area contributed by atoms with Crippen LogP contribution in [-0.2, 0) is 4.79 Å². The van der Waals surface area contributed by atoms with E-state index < -0.39 is 0 Å². The molecule has 0 bridgehead atoms. The molecule has 1 rings (SSSR count). The molecule has 0 unspecified atom stereocenters. The van der Waals surface area contributed by atoms with E-state index >= 15 is 0 Å². The summed E-state index contributed by atoms with van der Waals surface area (Å²) in [5.74, 6) is 3.84. The van der Waals surface area contributed by atoms with Gasteiger partial charge in [0.1, 0.15) is 5.78 Å². The van der Waals surface area contributed by atoms with Gasteiger partial charge in [0, 0.05) is 11.8 Å². The Labute approximate surface area is 187 Å². The lowest BCUT2D eigenvalue weighted by Crippen LogP contribution is -2.24. The summed E-state index contributed by atoms with van der Waals surface area (Å²) < 4.78 is 0. The van der Waals surface area contributed by atoms with Gasteiger partial charge in [-0.2, -0.15) is 0 Å². The van der Waals surface area contributed by atoms with Crippen LogP contribution in [0.3, 0.4) is 0 Å². The summed E-state index contributed by atoms with van der Waals surface area (Å²) in [6.07, 6.45) is 14.2. The summed E-state index contributed by atoms with van der Waals surface area (Å²) in [5, 5.41) is 0. The molecule has 0 N–H and O–H groups in total. The Bertz CT molecular complexity index is 302. The van der Waals surface area contributed by atoms with Crippen molar-refractivity contribution in [2.45, 2.75) is 147 Å². The van der Waals surface area contributed by atoms with E-state index in [-0.39, 0.29) is 5.92 Å². The summed E-state index contributed by atoms with van der Waals surface area (Å²) in [7, 11) is 0. The maximum absolute atomic E-state index is 11.6. The van der Waals surface area contributed by atoms with Crippen LogP contribution in [0.4, 0.5) is 0 Å². The minimum Gasteiger partial charge on any atom is -0.299 e. The van der Waals surface area contributed by atoms with E-state index in [9.17, 15) is 4.79 Å². The van der Waals surface area contributed by atoms with Gasteiger partial charge in [0.05, 0.1) is 0 Å². The van der Waals surface area contributed by atoms with E-state index in [0.29, 0.717) is 11.7 Å². The highest BCUT2D eigenvalue weighted by Gasteiger charge is 2.25. The third-order valence-corrected chi connectivity index (χ3v) is 5.75. The first-order chi connectivity index (χ1) is 13.7. The molecule has 0 aliphatic heterocycles. The Hall–Kier alpha value is -0.330. The standard InChI is InChI=1S/C11H20O.C10H22.C4H10.C3H8/c1-8(2)11(12)10-6-4-9(3)5-7-10;1-5-7-10(8-6-2)9(3)4;1-3-4-2;1-3-2/h8-10H,4-7H2,1-3H3;9-10H,5-8H2,1-4H3;3-4H2,1-2H3;3H2,1-2H3. The fourth-order valence-electron chi connectivity index (χ4n) is 3.57. The first-order valence-corrected chi connectivity index (χ1v) is 13.2. The van der Waals surface area contributed by atoms with Gasteiger partial charge in [0.2, 0.25) is 0 Å². The molecule has 0 heterocycles. The third kappa shape index (κ3) is 22.2. The van der Waals surface area contributed by atoms with Crippen molar-refractivity contribution in [3.63, 3.8) is 0 Å². The number of Topliss-reactive ketones (excluding diaryl/α,β-unsaturated/α-hetero) is 1. The summed E-state index contributed by atoms with van der Waals surface area (Å²) in [5.41, 5.74) is 0. The highest BCUT2D eigenvalue weighted by Crippen LogP contribution is 2.30. The lowest BCUT2D eigenvalue weighted by Gasteiger charge is -2.26. The van der Waals surface area contributed by atoms with Crippen molar-refractivity contribution in [3.8, 4) is 0 Å². The van der Waals surface area contributed by atoms with Crippen molar-refractivity contribution in [1.82, 2.24) is 0 Å². The van der Waals surface area contributed by atoms with Crippen molar-refractivity contribution in [1.29, 1.82) is 0 Å². The van der Waals surface area contributed by atoms with Crippen LogP contribution >= 0.6 is 0 Å². The number of unbranched alkanes of at least 4 members (excludes halogenated alkanes) is 1. The molecular formula is C28H60O. The molecule has 1 fully saturated rings. The van der Waals surface area contributed by atoms with Crippen molar-refractivity contribution >= 4 is 5.78 Å². The zero-order chi connectivity index (χ0) is 23.2. The molecule has 0 spiro atoms. The maximum Gasteiger partial charge on any atom is 0.138 e. The van der Waals surface area contributed by atoms with Gasteiger partial charge in [0.25, 0.3) is 0 Å². The van der Waals surface area contributed by atoms with E-state index in [1.807, 2.05) is 13.8 Å². The number of carbonyl (C=O) groups excluding carboxylic acids is 1. The average Bonchev–Trinajstić information content (AvgIpc) is 2.69. The molecule has 0 atom stereocenters. The van der Waals surface area contributed by atoms with E-state index in [4.69, 9.17) is 0 Å². The fraction of sp³-hybridized carbons (Fsp3) is 0.964. The Kier molecular flexibility index (Phi) is 27.5. The molecule has 0 aromatic heterocycles. The Morgan fingerprint density at radius 2 is 1.10 bits per heavy atom. The SMILES string of the molecule is CC1CCC(C(=O)C(C)C)CC1.CCC.CCCC.CCCC(CCC)C(C)C. The van der Waals surface area contributed by atoms with E-state index in [2.05, 4.69) is 62.3 Å². The lowest BCUT2D eigenvalue weighted by molar-refractivity contribution is -0.127. The Morgan fingerprint density at radius 3 is 1.34 bits per heavy atom. The van der Waals surface area contributed by atoms with Gasteiger partial charge in [-0.25, -0.2) is 0 Å². The van der Waals surface area contributed by atoms with Gasteiger partial charge < -0.3 is 0 Å². The van der Waals surface area contributed by atoms with Gasteiger partial charge in [-0.3, -0.25) is 4.79 Å². The van der Waals surface area contributed by atoms with Crippen LogP contribution in [0.5, 0.6) is 0 Å². The molecule has 0 amide bonds. The molecule has 1 aliphatic rings. The summed E-state index contributed by atoms with van der Waals surface area (Å²) >= 11 is 0. The summed E-state index contributed by atoms with van der Waals surface area (Å²) in [4.78, 5) is 11.6. The minimum absolute atomic E-state index is 0.239. The Morgan fingerprint density at radius 1 is 0.724 bits per heavy atom. The minimum atomic E-state index is 0.239. The number of ketones is 1. The molecule has 178 valence electrons. The predicted octanol–water partition coefficient (Wildman–Crippen LogP) is 10.1. The molecule has 1 heteroatoms. The van der Waals surface area contributed by atoms with Gasteiger partial charge in [0.15, 0.2) is 0 Å². The van der Waals surface area contributed by atoms with E-state index in [1.54, 1.807) is 0 Å². The normalized spacial score (nSPS) is 18.3. The van der Waals surface area contributed by atoms with E-state index in [1.165, 1.54) is 57.8 Å². The van der Waals surface area contributed by atoms with Crippen LogP contribution in [0.2, 0.25) is 0 Å².